The van der Waals surface area contributed by atoms with Crippen LogP contribution in [-0.2, 0) is 6.42 Å². The Morgan fingerprint density at radius 2 is 2.00 bits per heavy atom. The van der Waals surface area contributed by atoms with E-state index in [1.807, 2.05) is 6.92 Å². The second kappa shape index (κ2) is 8.15. The number of anilines is 1. The maximum absolute atomic E-state index is 13.9. The minimum absolute atomic E-state index is 0.310. The minimum Gasteiger partial charge on any atom is -0.367 e. The van der Waals surface area contributed by atoms with Crippen molar-refractivity contribution >= 4 is 5.82 Å². The van der Waals surface area contributed by atoms with E-state index in [4.69, 9.17) is 0 Å². The summed E-state index contributed by atoms with van der Waals surface area (Å²) in [6.07, 6.45) is 9.66. The molecule has 0 bridgehead atoms. The Labute approximate surface area is 120 Å². The normalized spacial score (nSPS) is 16.3. The molecular formula is C15H25FN4. The summed E-state index contributed by atoms with van der Waals surface area (Å²) in [6.45, 7) is 3.60. The largest absolute Gasteiger partial charge is 0.367 e. The Balaban J connectivity index is 1.65. The van der Waals surface area contributed by atoms with Gasteiger partial charge in [-0.25, -0.2) is 14.4 Å². The Hall–Kier alpha value is -1.23. The fourth-order valence-electron chi connectivity index (χ4n) is 2.68. The predicted octanol–water partition coefficient (Wildman–Crippen LogP) is 2.90. The number of hydrogen-bond donors (Lipinski definition) is 2. The van der Waals surface area contributed by atoms with Gasteiger partial charge in [0.05, 0.1) is 5.69 Å². The second-order valence-electron chi connectivity index (χ2n) is 5.41. The smallest absolute Gasteiger partial charge is 0.186 e. The van der Waals surface area contributed by atoms with Gasteiger partial charge in [0, 0.05) is 12.6 Å². The van der Waals surface area contributed by atoms with Crippen molar-refractivity contribution in [1.29, 1.82) is 0 Å². The number of nitrogens with zero attached hydrogens (tertiary/aromatic N) is 2. The zero-order valence-corrected chi connectivity index (χ0v) is 12.3. The van der Waals surface area contributed by atoms with Gasteiger partial charge < -0.3 is 10.6 Å². The highest BCUT2D eigenvalue weighted by Gasteiger charge is 2.12. The molecule has 20 heavy (non-hydrogen) atoms. The van der Waals surface area contributed by atoms with Crippen molar-refractivity contribution in [2.24, 2.45) is 0 Å². The molecule has 2 N–H and O–H groups in total. The highest BCUT2D eigenvalue weighted by molar-refractivity contribution is 5.37. The summed E-state index contributed by atoms with van der Waals surface area (Å²) in [7, 11) is 0. The first-order valence-corrected chi connectivity index (χ1v) is 7.78. The zero-order chi connectivity index (χ0) is 14.2. The molecule has 112 valence electrons. The lowest BCUT2D eigenvalue weighted by molar-refractivity contribution is 0.373. The fraction of sp³-hybridized carbons (Fsp3) is 0.733. The number of nitrogens with one attached hydrogen (secondary N) is 2. The summed E-state index contributed by atoms with van der Waals surface area (Å²) in [5, 5.41) is 6.64. The van der Waals surface area contributed by atoms with Gasteiger partial charge in [0.1, 0.15) is 6.33 Å². The molecule has 0 aromatic carbocycles. The van der Waals surface area contributed by atoms with Gasteiger partial charge in [0.2, 0.25) is 0 Å². The minimum atomic E-state index is -0.310. The molecule has 1 heterocycles. The first kappa shape index (κ1) is 15.2. The Morgan fingerprint density at radius 1 is 1.20 bits per heavy atom. The molecule has 1 aromatic heterocycles. The summed E-state index contributed by atoms with van der Waals surface area (Å²) >= 11 is 0. The lowest BCUT2D eigenvalue weighted by Gasteiger charge is -2.22. The van der Waals surface area contributed by atoms with Crippen molar-refractivity contribution in [2.75, 3.05) is 18.4 Å². The lowest BCUT2D eigenvalue weighted by Crippen LogP contribution is -2.32. The Bertz CT molecular complexity index is 405. The lowest BCUT2D eigenvalue weighted by atomic mass is 9.95. The topological polar surface area (TPSA) is 49.8 Å². The molecule has 0 aliphatic heterocycles. The third kappa shape index (κ3) is 4.40. The molecule has 0 spiro atoms. The molecule has 0 unspecified atom stereocenters. The van der Waals surface area contributed by atoms with Gasteiger partial charge in [-0.05, 0) is 32.2 Å². The van der Waals surface area contributed by atoms with Crippen LogP contribution in [0.1, 0.15) is 51.1 Å². The van der Waals surface area contributed by atoms with Crippen molar-refractivity contribution in [1.82, 2.24) is 15.3 Å². The van der Waals surface area contributed by atoms with E-state index in [1.54, 1.807) is 0 Å². The first-order valence-electron chi connectivity index (χ1n) is 7.78. The monoisotopic (exact) mass is 280 g/mol. The van der Waals surface area contributed by atoms with Crippen LogP contribution >= 0.6 is 0 Å². The predicted molar refractivity (Wildman–Crippen MR) is 79.4 cm³/mol. The highest BCUT2D eigenvalue weighted by atomic mass is 19.1. The van der Waals surface area contributed by atoms with E-state index in [0.717, 1.165) is 19.5 Å². The van der Waals surface area contributed by atoms with Crippen LogP contribution in [0.15, 0.2) is 6.33 Å². The zero-order valence-electron chi connectivity index (χ0n) is 12.3. The molecule has 1 aromatic rings. The number of halogens is 1. The molecular weight excluding hydrogens is 255 g/mol. The molecule has 0 saturated heterocycles. The van der Waals surface area contributed by atoms with E-state index in [-0.39, 0.29) is 5.82 Å². The van der Waals surface area contributed by atoms with Crippen molar-refractivity contribution in [3.05, 3.63) is 17.8 Å². The van der Waals surface area contributed by atoms with E-state index in [9.17, 15) is 4.39 Å². The third-order valence-electron chi connectivity index (χ3n) is 3.88. The van der Waals surface area contributed by atoms with Crippen molar-refractivity contribution in [2.45, 2.75) is 57.9 Å². The summed E-state index contributed by atoms with van der Waals surface area (Å²) in [5.74, 6) is 0.0183. The fourth-order valence-corrected chi connectivity index (χ4v) is 2.68. The van der Waals surface area contributed by atoms with Crippen molar-refractivity contribution < 1.29 is 4.39 Å². The second-order valence-corrected chi connectivity index (χ2v) is 5.41. The van der Waals surface area contributed by atoms with Crippen LogP contribution in [0.25, 0.3) is 0 Å². The Kier molecular flexibility index (Phi) is 6.18. The Morgan fingerprint density at radius 3 is 2.75 bits per heavy atom. The van der Waals surface area contributed by atoms with Gasteiger partial charge >= 0.3 is 0 Å². The molecule has 1 saturated carbocycles. The molecule has 1 fully saturated rings. The number of aromatic nitrogens is 2. The van der Waals surface area contributed by atoms with E-state index >= 15 is 0 Å². The van der Waals surface area contributed by atoms with Crippen molar-refractivity contribution in [3.63, 3.8) is 0 Å². The molecule has 1 aliphatic carbocycles. The van der Waals surface area contributed by atoms with Crippen LogP contribution in [0.5, 0.6) is 0 Å². The highest BCUT2D eigenvalue weighted by Crippen LogP contribution is 2.17. The molecule has 4 nitrogen and oxygen atoms in total. The van der Waals surface area contributed by atoms with Crippen LogP contribution in [-0.4, -0.2) is 29.1 Å². The quantitative estimate of drug-likeness (QED) is 0.754. The molecule has 0 atom stereocenters. The molecule has 2 rings (SSSR count). The van der Waals surface area contributed by atoms with Crippen molar-refractivity contribution in [3.8, 4) is 0 Å². The van der Waals surface area contributed by atoms with Crippen LogP contribution in [0.3, 0.4) is 0 Å². The van der Waals surface area contributed by atoms with Gasteiger partial charge in [-0.3, -0.25) is 0 Å². The molecule has 0 amide bonds. The third-order valence-corrected chi connectivity index (χ3v) is 3.88. The summed E-state index contributed by atoms with van der Waals surface area (Å²) in [5.41, 5.74) is 0.475. The van der Waals surface area contributed by atoms with E-state index in [2.05, 4.69) is 20.6 Å². The molecule has 0 radical (unpaired) electrons. The van der Waals surface area contributed by atoms with Crippen LogP contribution in [0, 0.1) is 5.82 Å². The molecule has 5 heteroatoms. The van der Waals surface area contributed by atoms with Gasteiger partial charge in [0.15, 0.2) is 11.6 Å². The van der Waals surface area contributed by atoms with Crippen LogP contribution in [0.2, 0.25) is 0 Å². The maximum atomic E-state index is 13.9. The summed E-state index contributed by atoms with van der Waals surface area (Å²) in [6, 6.07) is 0.686. The SMILES string of the molecule is CCc1ncnc(NCCCNC2CCCCC2)c1F. The average Bonchev–Trinajstić information content (AvgIpc) is 2.49. The standard InChI is InChI=1S/C15H25FN4/c1-2-13-14(16)15(20-11-19-13)18-10-6-9-17-12-7-4-3-5-8-12/h11-12,17H,2-10H2,1H3,(H,18,19,20). The average molecular weight is 280 g/mol. The van der Waals surface area contributed by atoms with Crippen LogP contribution in [0.4, 0.5) is 10.2 Å². The number of aryl methyl sites for hydroxylation is 1. The van der Waals surface area contributed by atoms with Crippen LogP contribution < -0.4 is 10.6 Å². The van der Waals surface area contributed by atoms with E-state index < -0.39 is 0 Å². The molecule has 1 aliphatic rings. The van der Waals surface area contributed by atoms with E-state index in [0.29, 0.717) is 24.0 Å². The number of rotatable bonds is 7. The van der Waals surface area contributed by atoms with Gasteiger partial charge in [-0.15, -0.1) is 0 Å². The first-order chi connectivity index (χ1) is 9.81. The maximum Gasteiger partial charge on any atom is 0.186 e. The van der Waals surface area contributed by atoms with E-state index in [1.165, 1.54) is 38.4 Å². The van der Waals surface area contributed by atoms with Gasteiger partial charge in [-0.1, -0.05) is 26.2 Å². The van der Waals surface area contributed by atoms with Gasteiger partial charge in [0.25, 0.3) is 0 Å². The number of hydrogen-bond acceptors (Lipinski definition) is 4. The summed E-state index contributed by atoms with van der Waals surface area (Å²) < 4.78 is 13.9. The summed E-state index contributed by atoms with van der Waals surface area (Å²) in [4.78, 5) is 7.88. The van der Waals surface area contributed by atoms with Gasteiger partial charge in [-0.2, -0.15) is 0 Å².